The van der Waals surface area contributed by atoms with Crippen molar-refractivity contribution in [3.05, 3.63) is 69.6 Å². The summed E-state index contributed by atoms with van der Waals surface area (Å²) in [5.41, 5.74) is 1.37. The Labute approximate surface area is 204 Å². The number of hydrogen-bond acceptors (Lipinski definition) is 7. The zero-order chi connectivity index (χ0) is 24.5. The van der Waals surface area contributed by atoms with Crippen LogP contribution in [0.4, 0.5) is 0 Å². The third-order valence-corrected chi connectivity index (χ3v) is 6.50. The molecule has 1 fully saturated rings. The minimum atomic E-state index is -0.533. The van der Waals surface area contributed by atoms with E-state index in [9.17, 15) is 9.59 Å². The highest BCUT2D eigenvalue weighted by atomic mass is 16.5. The molecule has 0 aliphatic carbocycles. The van der Waals surface area contributed by atoms with Gasteiger partial charge in [-0.25, -0.2) is 0 Å². The van der Waals surface area contributed by atoms with Gasteiger partial charge in [0, 0.05) is 32.2 Å². The Bertz CT molecular complexity index is 1280. The largest absolute Gasteiger partial charge is 0.497 e. The minimum absolute atomic E-state index is 0.0510. The van der Waals surface area contributed by atoms with Gasteiger partial charge in [0.1, 0.15) is 17.1 Å². The molecule has 2 aromatic carbocycles. The molecule has 0 unspecified atom stereocenters. The number of amides is 1. The van der Waals surface area contributed by atoms with Crippen LogP contribution >= 0.6 is 0 Å². The summed E-state index contributed by atoms with van der Waals surface area (Å²) in [6.45, 7) is 8.11. The van der Waals surface area contributed by atoms with Crippen molar-refractivity contribution in [2.24, 2.45) is 0 Å². The molecule has 1 amide bonds. The van der Waals surface area contributed by atoms with Gasteiger partial charge < -0.3 is 23.5 Å². The van der Waals surface area contributed by atoms with Crippen molar-refractivity contribution in [3.63, 3.8) is 0 Å². The predicted octanol–water partition coefficient (Wildman–Crippen LogP) is 3.47. The van der Waals surface area contributed by atoms with Gasteiger partial charge in [0.2, 0.25) is 5.76 Å². The summed E-state index contributed by atoms with van der Waals surface area (Å²) in [5, 5.41) is 0.428. The summed E-state index contributed by atoms with van der Waals surface area (Å²) in [6.07, 6.45) is 0.0510. The van der Waals surface area contributed by atoms with Crippen molar-refractivity contribution in [1.29, 1.82) is 0 Å². The second kappa shape index (κ2) is 9.71. The number of ether oxygens (including phenoxy) is 3. The smallest absolute Gasteiger partial charge is 0.290 e. The van der Waals surface area contributed by atoms with Crippen molar-refractivity contribution in [1.82, 2.24) is 9.80 Å². The zero-order valence-corrected chi connectivity index (χ0v) is 20.3. The second-order valence-corrected chi connectivity index (χ2v) is 9.13. The van der Waals surface area contributed by atoms with E-state index in [1.54, 1.807) is 30.2 Å². The molecule has 0 bridgehead atoms. The van der Waals surface area contributed by atoms with E-state index < -0.39 is 6.04 Å². The number of carbonyl (C=O) groups excluding carboxylic acids is 1. The molecule has 0 spiro atoms. The van der Waals surface area contributed by atoms with Crippen molar-refractivity contribution >= 4 is 16.9 Å². The van der Waals surface area contributed by atoms with Crippen LogP contribution in [0.1, 0.15) is 41.6 Å². The molecule has 1 aromatic heterocycles. The number of hydrogen-bond donors (Lipinski definition) is 0. The highest BCUT2D eigenvalue weighted by molar-refractivity contribution is 5.99. The van der Waals surface area contributed by atoms with Crippen LogP contribution in [0, 0.1) is 0 Å². The van der Waals surface area contributed by atoms with Crippen LogP contribution in [0.5, 0.6) is 11.5 Å². The number of fused-ring (bicyclic) bond motifs is 2. The SMILES string of the molecule is COc1ccc2c(=O)c3c(oc2c1)C(=O)N(CCN1CCOCC1)[C@@H]3c1ccc(OC(C)C)cc1. The molecule has 2 aliphatic heterocycles. The van der Waals surface area contributed by atoms with E-state index in [1.165, 1.54) is 0 Å². The Morgan fingerprint density at radius 3 is 2.40 bits per heavy atom. The topological polar surface area (TPSA) is 81.5 Å². The molecule has 0 N–H and O–H groups in total. The van der Waals surface area contributed by atoms with E-state index in [0.29, 0.717) is 48.6 Å². The highest BCUT2D eigenvalue weighted by Gasteiger charge is 2.42. The zero-order valence-electron chi connectivity index (χ0n) is 20.3. The number of rotatable bonds is 7. The van der Waals surface area contributed by atoms with E-state index in [0.717, 1.165) is 24.4 Å². The molecule has 1 atom stereocenters. The van der Waals surface area contributed by atoms with Crippen molar-refractivity contribution < 1.29 is 23.4 Å². The third kappa shape index (κ3) is 4.51. The van der Waals surface area contributed by atoms with Gasteiger partial charge in [-0.15, -0.1) is 0 Å². The lowest BCUT2D eigenvalue weighted by molar-refractivity contribution is 0.0314. The summed E-state index contributed by atoms with van der Waals surface area (Å²) in [5.74, 6) is 1.13. The summed E-state index contributed by atoms with van der Waals surface area (Å²) in [7, 11) is 1.55. The Kier molecular flexibility index (Phi) is 6.49. The fraction of sp³-hybridized carbons (Fsp3) is 0.407. The van der Waals surface area contributed by atoms with Crippen LogP contribution in [0.3, 0.4) is 0 Å². The molecule has 3 heterocycles. The Balaban J connectivity index is 1.57. The summed E-state index contributed by atoms with van der Waals surface area (Å²) < 4.78 is 22.6. The van der Waals surface area contributed by atoms with Gasteiger partial charge in [0.25, 0.3) is 5.91 Å². The van der Waals surface area contributed by atoms with Gasteiger partial charge in [0.05, 0.1) is 43.4 Å². The summed E-state index contributed by atoms with van der Waals surface area (Å²) in [4.78, 5) is 31.3. The molecule has 184 valence electrons. The molecule has 8 heteroatoms. The number of methoxy groups -OCH3 is 1. The minimum Gasteiger partial charge on any atom is -0.497 e. The first-order valence-electron chi connectivity index (χ1n) is 12.0. The van der Waals surface area contributed by atoms with E-state index in [4.69, 9.17) is 18.6 Å². The van der Waals surface area contributed by atoms with Crippen LogP contribution in [0.2, 0.25) is 0 Å². The van der Waals surface area contributed by atoms with Crippen LogP contribution in [-0.4, -0.2) is 68.3 Å². The van der Waals surface area contributed by atoms with Gasteiger partial charge in [-0.1, -0.05) is 12.1 Å². The van der Waals surface area contributed by atoms with Crippen LogP contribution in [0.15, 0.2) is 51.7 Å². The van der Waals surface area contributed by atoms with Crippen LogP contribution in [-0.2, 0) is 4.74 Å². The number of carbonyl (C=O) groups is 1. The van der Waals surface area contributed by atoms with Crippen molar-refractivity contribution in [2.75, 3.05) is 46.5 Å². The maximum absolute atomic E-state index is 13.7. The average molecular weight is 479 g/mol. The molecule has 5 rings (SSSR count). The molecule has 35 heavy (non-hydrogen) atoms. The molecule has 1 saturated heterocycles. The molecule has 0 saturated carbocycles. The molecular formula is C27H30N2O6. The monoisotopic (exact) mass is 478 g/mol. The Morgan fingerprint density at radius 2 is 1.71 bits per heavy atom. The Morgan fingerprint density at radius 1 is 1.00 bits per heavy atom. The first kappa shape index (κ1) is 23.4. The maximum Gasteiger partial charge on any atom is 0.290 e. The van der Waals surface area contributed by atoms with Crippen molar-refractivity contribution in [3.8, 4) is 11.5 Å². The lowest BCUT2D eigenvalue weighted by atomic mass is 9.98. The van der Waals surface area contributed by atoms with Gasteiger partial charge in [-0.05, 0) is 43.7 Å². The summed E-state index contributed by atoms with van der Waals surface area (Å²) in [6, 6.07) is 12.1. The van der Waals surface area contributed by atoms with Crippen molar-refractivity contribution in [2.45, 2.75) is 26.0 Å². The lowest BCUT2D eigenvalue weighted by Crippen LogP contribution is -2.42. The van der Waals surface area contributed by atoms with E-state index in [1.807, 2.05) is 38.1 Å². The van der Waals surface area contributed by atoms with Gasteiger partial charge in [-0.2, -0.15) is 0 Å². The molecule has 8 nitrogen and oxygen atoms in total. The standard InChI is InChI=1S/C27H30N2O6/c1-17(2)34-19-6-4-18(5-7-19)24-23-25(30)21-9-8-20(32-3)16-22(21)35-26(23)27(31)29(24)11-10-28-12-14-33-15-13-28/h4-9,16-17,24H,10-15H2,1-3H3/t24-/m1/s1. The quantitative estimate of drug-likeness (QED) is 0.514. The number of morpholine rings is 1. The van der Waals surface area contributed by atoms with E-state index >= 15 is 0 Å². The third-order valence-electron chi connectivity index (χ3n) is 6.50. The van der Waals surface area contributed by atoms with Gasteiger partial charge in [-0.3, -0.25) is 14.5 Å². The van der Waals surface area contributed by atoms with E-state index in [2.05, 4.69) is 4.90 Å². The molecular weight excluding hydrogens is 448 g/mol. The summed E-state index contributed by atoms with van der Waals surface area (Å²) >= 11 is 0. The first-order chi connectivity index (χ1) is 17.0. The Hall–Kier alpha value is -3.36. The van der Waals surface area contributed by atoms with Gasteiger partial charge >= 0.3 is 0 Å². The maximum atomic E-state index is 13.7. The molecule has 3 aromatic rings. The fourth-order valence-corrected chi connectivity index (χ4v) is 4.78. The van der Waals surface area contributed by atoms with E-state index in [-0.39, 0.29) is 23.2 Å². The first-order valence-corrected chi connectivity index (χ1v) is 12.0. The second-order valence-electron chi connectivity index (χ2n) is 9.13. The van der Waals surface area contributed by atoms with Gasteiger partial charge in [0.15, 0.2) is 5.43 Å². The average Bonchev–Trinajstić information content (AvgIpc) is 3.15. The number of nitrogens with zero attached hydrogens (tertiary/aromatic N) is 2. The number of benzene rings is 2. The van der Waals surface area contributed by atoms with Crippen LogP contribution < -0.4 is 14.9 Å². The fourth-order valence-electron chi connectivity index (χ4n) is 4.78. The van der Waals surface area contributed by atoms with Crippen LogP contribution in [0.25, 0.3) is 11.0 Å². The molecule has 0 radical (unpaired) electrons. The predicted molar refractivity (Wildman–Crippen MR) is 131 cm³/mol. The lowest BCUT2D eigenvalue weighted by Gasteiger charge is -2.31. The normalized spacial score (nSPS) is 18.3. The molecule has 2 aliphatic rings. The highest BCUT2D eigenvalue weighted by Crippen LogP contribution is 2.39.